The van der Waals surface area contributed by atoms with E-state index in [1.54, 1.807) is 25.3 Å². The number of phenols is 1. The molecule has 3 aromatic carbocycles. The van der Waals surface area contributed by atoms with E-state index in [2.05, 4.69) is 20.7 Å². The number of carbonyl (C=O) groups is 1. The van der Waals surface area contributed by atoms with Gasteiger partial charge in [-0.1, -0.05) is 48.2 Å². The largest absolute Gasteiger partial charge is 0.504 e. The summed E-state index contributed by atoms with van der Waals surface area (Å²) in [6.45, 7) is 2.26. The summed E-state index contributed by atoms with van der Waals surface area (Å²) in [5.41, 5.74) is 4.64. The number of phenolic OH excluding ortho intramolecular Hbond substituents is 1. The van der Waals surface area contributed by atoms with Crippen molar-refractivity contribution >= 4 is 23.9 Å². The molecule has 0 fully saturated rings. The third-order valence-electron chi connectivity index (χ3n) is 5.05. The van der Waals surface area contributed by atoms with Crippen LogP contribution in [0.1, 0.15) is 12.5 Å². The summed E-state index contributed by atoms with van der Waals surface area (Å²) in [6.07, 6.45) is 1.37. The van der Waals surface area contributed by atoms with E-state index in [-0.39, 0.29) is 17.4 Å². The number of para-hydroxylation sites is 1. The predicted octanol–water partition coefficient (Wildman–Crippen LogP) is 4.29. The first-order valence-electron chi connectivity index (χ1n) is 11.2. The van der Waals surface area contributed by atoms with Crippen molar-refractivity contribution in [2.45, 2.75) is 12.1 Å². The molecule has 0 aliphatic rings. The lowest BCUT2D eigenvalue weighted by Crippen LogP contribution is -2.20. The molecule has 1 amide bonds. The fourth-order valence-electron chi connectivity index (χ4n) is 3.35. The molecule has 0 aliphatic heterocycles. The number of aromatic nitrogens is 3. The lowest BCUT2D eigenvalue weighted by Gasteiger charge is -2.11. The molecule has 1 heterocycles. The summed E-state index contributed by atoms with van der Waals surface area (Å²) in [4.78, 5) is 12.5. The van der Waals surface area contributed by atoms with Gasteiger partial charge in [-0.2, -0.15) is 5.10 Å². The Hall–Kier alpha value is -4.31. The van der Waals surface area contributed by atoms with Crippen molar-refractivity contribution in [3.05, 3.63) is 78.4 Å². The Morgan fingerprint density at radius 2 is 1.86 bits per heavy atom. The molecule has 36 heavy (non-hydrogen) atoms. The Kier molecular flexibility index (Phi) is 8.20. The van der Waals surface area contributed by atoms with E-state index in [0.717, 1.165) is 17.0 Å². The van der Waals surface area contributed by atoms with Gasteiger partial charge in [0.2, 0.25) is 0 Å². The van der Waals surface area contributed by atoms with Crippen LogP contribution in [0, 0.1) is 0 Å². The Morgan fingerprint density at radius 3 is 2.58 bits per heavy atom. The monoisotopic (exact) mass is 503 g/mol. The first kappa shape index (κ1) is 24.8. The average molecular weight is 504 g/mol. The molecule has 0 atom stereocenters. The van der Waals surface area contributed by atoms with Crippen LogP contribution in [0.3, 0.4) is 0 Å². The molecule has 0 saturated heterocycles. The van der Waals surface area contributed by atoms with Gasteiger partial charge in [-0.25, -0.2) is 5.43 Å². The zero-order chi connectivity index (χ0) is 25.3. The molecule has 0 radical (unpaired) electrons. The number of nitrogens with zero attached hydrogens (tertiary/aromatic N) is 4. The standard InChI is InChI=1S/C26H25N5O4S/c1-3-35-22-11-7-10-19(24(22)33)16-27-28-23(32)17-36-26-30-29-25(18-8-5-4-6-9-18)31(26)20-12-14-21(34-2)15-13-20/h4-16,33H,3,17H2,1-2H3,(H,28,32)/b27-16+. The molecular weight excluding hydrogens is 478 g/mol. The summed E-state index contributed by atoms with van der Waals surface area (Å²) in [6, 6.07) is 22.3. The van der Waals surface area contributed by atoms with Crippen LogP contribution < -0.4 is 14.9 Å². The number of ether oxygens (including phenoxy) is 2. The lowest BCUT2D eigenvalue weighted by atomic mass is 10.2. The number of nitrogens with one attached hydrogen (secondary N) is 1. The SMILES string of the molecule is CCOc1cccc(/C=N/NC(=O)CSc2nnc(-c3ccccc3)n2-c2ccc(OC)cc2)c1O. The zero-order valence-corrected chi connectivity index (χ0v) is 20.6. The highest BCUT2D eigenvalue weighted by molar-refractivity contribution is 7.99. The molecule has 4 aromatic rings. The number of amides is 1. The molecule has 0 saturated carbocycles. The van der Waals surface area contributed by atoms with Crippen LogP contribution >= 0.6 is 11.8 Å². The maximum Gasteiger partial charge on any atom is 0.250 e. The van der Waals surface area contributed by atoms with Crippen molar-refractivity contribution in [1.82, 2.24) is 20.2 Å². The van der Waals surface area contributed by atoms with Gasteiger partial charge in [0.05, 0.1) is 25.7 Å². The Bertz CT molecular complexity index is 1340. The second kappa shape index (κ2) is 11.9. The molecule has 184 valence electrons. The minimum absolute atomic E-state index is 0.0345. The summed E-state index contributed by atoms with van der Waals surface area (Å²) < 4.78 is 12.5. The molecule has 10 heteroatoms. The van der Waals surface area contributed by atoms with Gasteiger partial charge in [-0.15, -0.1) is 10.2 Å². The van der Waals surface area contributed by atoms with E-state index < -0.39 is 0 Å². The summed E-state index contributed by atoms with van der Waals surface area (Å²) in [5.74, 6) is 1.44. The van der Waals surface area contributed by atoms with Gasteiger partial charge in [0, 0.05) is 16.8 Å². The highest BCUT2D eigenvalue weighted by Crippen LogP contribution is 2.29. The Morgan fingerprint density at radius 1 is 1.08 bits per heavy atom. The number of aromatic hydroxyl groups is 1. The lowest BCUT2D eigenvalue weighted by molar-refractivity contribution is -0.118. The van der Waals surface area contributed by atoms with Crippen LogP contribution in [0.15, 0.2) is 83.1 Å². The smallest absolute Gasteiger partial charge is 0.250 e. The van der Waals surface area contributed by atoms with E-state index in [9.17, 15) is 9.90 Å². The minimum Gasteiger partial charge on any atom is -0.504 e. The molecular formula is C26H25N5O4S. The maximum atomic E-state index is 12.5. The second-order valence-corrected chi connectivity index (χ2v) is 8.36. The van der Waals surface area contributed by atoms with Gasteiger partial charge in [-0.3, -0.25) is 9.36 Å². The fourth-order valence-corrected chi connectivity index (χ4v) is 4.10. The Labute approximate surface area is 212 Å². The molecule has 0 bridgehead atoms. The van der Waals surface area contributed by atoms with Gasteiger partial charge in [0.25, 0.3) is 5.91 Å². The molecule has 0 unspecified atom stereocenters. The molecule has 4 rings (SSSR count). The van der Waals surface area contributed by atoms with Crippen LogP contribution in [0.2, 0.25) is 0 Å². The third kappa shape index (κ3) is 5.84. The number of rotatable bonds is 10. The zero-order valence-electron chi connectivity index (χ0n) is 19.8. The quantitative estimate of drug-likeness (QED) is 0.189. The van der Waals surface area contributed by atoms with Crippen molar-refractivity contribution < 1.29 is 19.4 Å². The topological polar surface area (TPSA) is 111 Å². The number of thioether (sulfide) groups is 1. The Balaban J connectivity index is 1.48. The second-order valence-electron chi connectivity index (χ2n) is 7.41. The van der Waals surface area contributed by atoms with Crippen molar-refractivity contribution in [3.63, 3.8) is 0 Å². The van der Waals surface area contributed by atoms with Crippen LogP contribution in [0.25, 0.3) is 17.1 Å². The molecule has 9 nitrogen and oxygen atoms in total. The van der Waals surface area contributed by atoms with E-state index in [1.807, 2.05) is 66.1 Å². The van der Waals surface area contributed by atoms with E-state index in [0.29, 0.717) is 28.9 Å². The van der Waals surface area contributed by atoms with E-state index >= 15 is 0 Å². The van der Waals surface area contributed by atoms with Gasteiger partial charge >= 0.3 is 0 Å². The first-order chi connectivity index (χ1) is 17.6. The van der Waals surface area contributed by atoms with Crippen molar-refractivity contribution in [2.75, 3.05) is 19.5 Å². The van der Waals surface area contributed by atoms with Gasteiger partial charge in [0.15, 0.2) is 22.5 Å². The number of hydrogen-bond acceptors (Lipinski definition) is 8. The van der Waals surface area contributed by atoms with E-state index in [4.69, 9.17) is 9.47 Å². The molecule has 0 aliphatic carbocycles. The number of hydrogen-bond donors (Lipinski definition) is 2. The van der Waals surface area contributed by atoms with Crippen molar-refractivity contribution in [3.8, 4) is 34.3 Å². The summed E-state index contributed by atoms with van der Waals surface area (Å²) in [7, 11) is 1.61. The van der Waals surface area contributed by atoms with Crippen LogP contribution in [0.5, 0.6) is 17.2 Å². The van der Waals surface area contributed by atoms with Gasteiger partial charge < -0.3 is 14.6 Å². The molecule has 2 N–H and O–H groups in total. The van der Waals surface area contributed by atoms with Gasteiger partial charge in [0.1, 0.15) is 5.75 Å². The van der Waals surface area contributed by atoms with Crippen molar-refractivity contribution in [1.29, 1.82) is 0 Å². The molecule has 1 aromatic heterocycles. The number of hydrazone groups is 1. The van der Waals surface area contributed by atoms with Gasteiger partial charge in [-0.05, 0) is 43.3 Å². The summed E-state index contributed by atoms with van der Waals surface area (Å²) >= 11 is 1.24. The third-order valence-corrected chi connectivity index (χ3v) is 5.98. The van der Waals surface area contributed by atoms with E-state index in [1.165, 1.54) is 18.0 Å². The number of benzene rings is 3. The van der Waals surface area contributed by atoms with Crippen LogP contribution in [0.4, 0.5) is 0 Å². The molecule has 0 spiro atoms. The minimum atomic E-state index is -0.331. The number of carbonyl (C=O) groups excluding carboxylic acids is 1. The fraction of sp³-hybridized carbons (Fsp3) is 0.154. The summed E-state index contributed by atoms with van der Waals surface area (Å²) in [5, 5.41) is 23.5. The van der Waals surface area contributed by atoms with Crippen LogP contribution in [-0.4, -0.2) is 51.5 Å². The van der Waals surface area contributed by atoms with Crippen molar-refractivity contribution in [2.24, 2.45) is 5.10 Å². The predicted molar refractivity (Wildman–Crippen MR) is 139 cm³/mol. The highest BCUT2D eigenvalue weighted by atomic mass is 32.2. The average Bonchev–Trinajstić information content (AvgIpc) is 3.34. The highest BCUT2D eigenvalue weighted by Gasteiger charge is 2.17. The first-order valence-corrected chi connectivity index (χ1v) is 12.1. The van der Waals surface area contributed by atoms with Crippen LogP contribution in [-0.2, 0) is 4.79 Å². The normalized spacial score (nSPS) is 10.9. The number of methoxy groups -OCH3 is 1. The maximum absolute atomic E-state index is 12.5.